The first-order valence-electron chi connectivity index (χ1n) is 8.21. The highest BCUT2D eigenvalue weighted by Crippen LogP contribution is 2.33. The minimum atomic E-state index is -3.72. The summed E-state index contributed by atoms with van der Waals surface area (Å²) in [5.41, 5.74) is 0.797. The normalized spacial score (nSPS) is 14.3. The Morgan fingerprint density at radius 3 is 2.52 bits per heavy atom. The van der Waals surface area contributed by atoms with E-state index in [9.17, 15) is 13.2 Å². The summed E-state index contributed by atoms with van der Waals surface area (Å²) < 4.78 is 36.6. The van der Waals surface area contributed by atoms with Crippen LogP contribution in [0.4, 0.5) is 11.4 Å². The summed E-state index contributed by atoms with van der Waals surface area (Å²) >= 11 is 5.97. The highest BCUT2D eigenvalue weighted by Gasteiger charge is 2.29. The van der Waals surface area contributed by atoms with Crippen molar-refractivity contribution in [3.63, 3.8) is 0 Å². The molecule has 0 spiro atoms. The van der Waals surface area contributed by atoms with Crippen molar-refractivity contribution in [3.05, 3.63) is 47.5 Å². The van der Waals surface area contributed by atoms with Gasteiger partial charge in [-0.2, -0.15) is 0 Å². The molecule has 3 rings (SSSR count). The Balaban J connectivity index is 1.84. The molecule has 0 saturated carbocycles. The molecule has 0 saturated heterocycles. The van der Waals surface area contributed by atoms with E-state index in [1.165, 1.54) is 13.0 Å². The third-order valence-corrected chi connectivity index (χ3v) is 5.44. The molecule has 1 amide bonds. The zero-order chi connectivity index (χ0) is 19.6. The second-order valence-corrected chi connectivity index (χ2v) is 8.36. The van der Waals surface area contributed by atoms with Gasteiger partial charge in [0.1, 0.15) is 19.3 Å². The van der Waals surface area contributed by atoms with Crippen LogP contribution in [-0.4, -0.2) is 39.8 Å². The summed E-state index contributed by atoms with van der Waals surface area (Å²) in [6.07, 6.45) is 1.04. The predicted molar refractivity (Wildman–Crippen MR) is 104 cm³/mol. The number of anilines is 2. The maximum absolute atomic E-state index is 12.7. The Morgan fingerprint density at radius 1 is 1.15 bits per heavy atom. The van der Waals surface area contributed by atoms with E-state index in [0.29, 0.717) is 41.1 Å². The van der Waals surface area contributed by atoms with Crippen LogP contribution in [-0.2, 0) is 14.8 Å². The van der Waals surface area contributed by atoms with Crippen molar-refractivity contribution in [3.8, 4) is 11.5 Å². The Morgan fingerprint density at radius 2 is 1.85 bits per heavy atom. The molecule has 27 heavy (non-hydrogen) atoms. The molecule has 2 aromatic carbocycles. The summed E-state index contributed by atoms with van der Waals surface area (Å²) in [6, 6.07) is 10.3. The van der Waals surface area contributed by atoms with Crippen LogP contribution in [0.1, 0.15) is 6.92 Å². The first kappa shape index (κ1) is 19.3. The molecule has 0 aromatic heterocycles. The minimum Gasteiger partial charge on any atom is -0.486 e. The minimum absolute atomic E-state index is 0.315. The maximum atomic E-state index is 12.7. The van der Waals surface area contributed by atoms with Crippen molar-refractivity contribution in [2.75, 3.05) is 29.1 Å². The van der Waals surface area contributed by atoms with E-state index < -0.39 is 22.0 Å². The largest absolute Gasteiger partial charge is 0.486 e. The van der Waals surface area contributed by atoms with Gasteiger partial charge in [-0.05, 0) is 37.3 Å². The van der Waals surface area contributed by atoms with Gasteiger partial charge in [0.15, 0.2) is 11.5 Å². The zero-order valence-corrected chi connectivity index (χ0v) is 16.4. The Labute approximate surface area is 162 Å². The van der Waals surface area contributed by atoms with Gasteiger partial charge in [0, 0.05) is 16.8 Å². The van der Waals surface area contributed by atoms with E-state index in [0.717, 1.165) is 10.6 Å². The lowest BCUT2D eigenvalue weighted by atomic mass is 10.2. The lowest BCUT2D eigenvalue weighted by Gasteiger charge is -2.28. The summed E-state index contributed by atoms with van der Waals surface area (Å²) in [5, 5.41) is 3.09. The summed E-state index contributed by atoms with van der Waals surface area (Å²) in [6.45, 7) is 2.41. The van der Waals surface area contributed by atoms with Gasteiger partial charge in [0.25, 0.3) is 0 Å². The smallest absolute Gasteiger partial charge is 0.247 e. The Kier molecular flexibility index (Phi) is 5.48. The van der Waals surface area contributed by atoms with Crippen LogP contribution in [0, 0.1) is 0 Å². The Hall–Kier alpha value is -2.45. The van der Waals surface area contributed by atoms with E-state index in [1.54, 1.807) is 36.4 Å². The fourth-order valence-electron chi connectivity index (χ4n) is 2.79. The van der Waals surface area contributed by atoms with Crippen molar-refractivity contribution in [1.29, 1.82) is 0 Å². The number of ether oxygens (including phenoxy) is 2. The first-order valence-corrected chi connectivity index (χ1v) is 10.4. The number of rotatable bonds is 5. The number of halogens is 1. The molecule has 0 aliphatic carbocycles. The molecule has 0 radical (unpaired) electrons. The quantitative estimate of drug-likeness (QED) is 0.819. The van der Waals surface area contributed by atoms with Crippen molar-refractivity contribution in [2.45, 2.75) is 13.0 Å². The van der Waals surface area contributed by atoms with Gasteiger partial charge in [0.2, 0.25) is 15.9 Å². The van der Waals surface area contributed by atoms with Crippen molar-refractivity contribution < 1.29 is 22.7 Å². The lowest BCUT2D eigenvalue weighted by Crippen LogP contribution is -2.45. The monoisotopic (exact) mass is 410 g/mol. The average molecular weight is 411 g/mol. The van der Waals surface area contributed by atoms with Gasteiger partial charge in [-0.3, -0.25) is 9.10 Å². The van der Waals surface area contributed by atoms with Crippen LogP contribution in [0.5, 0.6) is 11.5 Å². The fourth-order valence-corrected chi connectivity index (χ4v) is 4.14. The van der Waals surface area contributed by atoms with Crippen LogP contribution in [0.2, 0.25) is 5.02 Å². The number of nitrogens with one attached hydrogen (secondary N) is 1. The number of carbonyl (C=O) groups is 1. The topological polar surface area (TPSA) is 84.9 Å². The molecule has 1 N–H and O–H groups in total. The standard InChI is InChI=1S/C18H19ClN2O5S/c1-12(21(27(2,23)24)15-5-3-4-13(19)10-15)18(22)20-14-6-7-16-17(11-14)26-9-8-25-16/h3-7,10-12H,8-9H2,1-2H3,(H,20,22). The van der Waals surface area contributed by atoms with E-state index in [4.69, 9.17) is 21.1 Å². The summed E-state index contributed by atoms with van der Waals surface area (Å²) in [7, 11) is -3.72. The zero-order valence-electron chi connectivity index (χ0n) is 14.8. The van der Waals surface area contributed by atoms with Gasteiger partial charge < -0.3 is 14.8 Å². The van der Waals surface area contributed by atoms with Crippen LogP contribution < -0.4 is 19.1 Å². The van der Waals surface area contributed by atoms with Crippen LogP contribution >= 0.6 is 11.6 Å². The molecule has 0 bridgehead atoms. The number of sulfonamides is 1. The lowest BCUT2D eigenvalue weighted by molar-refractivity contribution is -0.116. The number of hydrogen-bond donors (Lipinski definition) is 1. The number of fused-ring (bicyclic) bond motifs is 1. The molecule has 1 aliphatic heterocycles. The molecular weight excluding hydrogens is 392 g/mol. The van der Waals surface area contributed by atoms with Gasteiger partial charge in [-0.25, -0.2) is 8.42 Å². The van der Waals surface area contributed by atoms with E-state index in [-0.39, 0.29) is 0 Å². The highest BCUT2D eigenvalue weighted by molar-refractivity contribution is 7.92. The molecule has 1 heterocycles. The highest BCUT2D eigenvalue weighted by atomic mass is 35.5. The second-order valence-electron chi connectivity index (χ2n) is 6.06. The molecular formula is C18H19ClN2O5S. The summed E-state index contributed by atoms with van der Waals surface area (Å²) in [4.78, 5) is 12.7. The Bertz CT molecular complexity index is 964. The van der Waals surface area contributed by atoms with E-state index in [1.807, 2.05) is 0 Å². The number of nitrogens with zero attached hydrogens (tertiary/aromatic N) is 1. The molecule has 144 valence electrons. The molecule has 1 aliphatic rings. The average Bonchev–Trinajstić information content (AvgIpc) is 2.60. The van der Waals surface area contributed by atoms with Crippen LogP contribution in [0.25, 0.3) is 0 Å². The number of amides is 1. The second kappa shape index (κ2) is 7.66. The van der Waals surface area contributed by atoms with Crippen LogP contribution in [0.3, 0.4) is 0 Å². The SMILES string of the molecule is CC(C(=O)Nc1ccc2c(c1)OCCO2)N(c1cccc(Cl)c1)S(C)(=O)=O. The molecule has 2 aromatic rings. The third-order valence-electron chi connectivity index (χ3n) is 3.96. The van der Waals surface area contributed by atoms with Gasteiger partial charge in [0.05, 0.1) is 11.9 Å². The third kappa shape index (κ3) is 4.45. The number of carbonyl (C=O) groups excluding carboxylic acids is 1. The maximum Gasteiger partial charge on any atom is 0.247 e. The molecule has 0 fully saturated rings. The van der Waals surface area contributed by atoms with E-state index in [2.05, 4.69) is 5.32 Å². The molecule has 7 nitrogen and oxygen atoms in total. The number of benzene rings is 2. The van der Waals surface area contributed by atoms with Gasteiger partial charge >= 0.3 is 0 Å². The van der Waals surface area contributed by atoms with Crippen molar-refractivity contribution >= 4 is 38.9 Å². The predicted octanol–water partition coefficient (Wildman–Crippen LogP) is 2.90. The molecule has 1 unspecified atom stereocenters. The van der Waals surface area contributed by atoms with E-state index >= 15 is 0 Å². The molecule has 1 atom stereocenters. The van der Waals surface area contributed by atoms with Crippen molar-refractivity contribution in [2.24, 2.45) is 0 Å². The van der Waals surface area contributed by atoms with Gasteiger partial charge in [-0.15, -0.1) is 0 Å². The summed E-state index contributed by atoms with van der Waals surface area (Å²) in [5.74, 6) is 0.641. The molecule has 9 heteroatoms. The van der Waals surface area contributed by atoms with Crippen LogP contribution in [0.15, 0.2) is 42.5 Å². The number of hydrogen-bond acceptors (Lipinski definition) is 5. The first-order chi connectivity index (χ1) is 12.8. The fraction of sp³-hybridized carbons (Fsp3) is 0.278. The van der Waals surface area contributed by atoms with Crippen molar-refractivity contribution in [1.82, 2.24) is 0 Å². The van der Waals surface area contributed by atoms with Gasteiger partial charge in [-0.1, -0.05) is 17.7 Å².